The standard InChI is InChI=1S/C17H14N2OS2/c1-11-5-3-7-14(12(11)2)19-16(20)15(22-17(19)21)9-13-6-4-8-18-10-13/h3-10H,1-2H3/b15-9-. The van der Waals surface area contributed by atoms with E-state index in [0.29, 0.717) is 9.23 Å². The third kappa shape index (κ3) is 2.69. The molecule has 1 aliphatic heterocycles. The van der Waals surface area contributed by atoms with Gasteiger partial charge in [0.15, 0.2) is 4.32 Å². The SMILES string of the molecule is Cc1cccc(N2C(=O)/C(=C/c3cccnc3)SC2=S)c1C. The third-order valence-corrected chi connectivity index (χ3v) is 4.89. The molecule has 0 bridgehead atoms. The van der Waals surface area contributed by atoms with Gasteiger partial charge in [-0.1, -0.05) is 42.2 Å². The number of thiocarbonyl (C=S) groups is 1. The maximum Gasteiger partial charge on any atom is 0.270 e. The fourth-order valence-corrected chi connectivity index (χ4v) is 3.55. The van der Waals surface area contributed by atoms with E-state index in [1.54, 1.807) is 17.3 Å². The monoisotopic (exact) mass is 326 g/mol. The number of nitrogens with zero attached hydrogens (tertiary/aromatic N) is 2. The van der Waals surface area contributed by atoms with Gasteiger partial charge < -0.3 is 0 Å². The molecule has 0 radical (unpaired) electrons. The lowest BCUT2D eigenvalue weighted by atomic mass is 10.1. The van der Waals surface area contributed by atoms with Gasteiger partial charge in [-0.05, 0) is 48.7 Å². The average Bonchev–Trinajstić information content (AvgIpc) is 2.78. The summed E-state index contributed by atoms with van der Waals surface area (Å²) in [5, 5.41) is 0. The van der Waals surface area contributed by atoms with Crippen molar-refractivity contribution in [2.45, 2.75) is 13.8 Å². The first-order chi connectivity index (χ1) is 10.6. The van der Waals surface area contributed by atoms with E-state index < -0.39 is 0 Å². The maximum atomic E-state index is 12.7. The second-order valence-electron chi connectivity index (χ2n) is 5.02. The van der Waals surface area contributed by atoms with Gasteiger partial charge in [-0.2, -0.15) is 0 Å². The third-order valence-electron chi connectivity index (χ3n) is 3.59. The Hall–Kier alpha value is -1.98. The smallest absolute Gasteiger partial charge is 0.268 e. The molecule has 0 unspecified atom stereocenters. The Kier molecular flexibility index (Phi) is 4.09. The summed E-state index contributed by atoms with van der Waals surface area (Å²) in [6.45, 7) is 4.04. The number of thioether (sulfide) groups is 1. The van der Waals surface area contributed by atoms with Crippen LogP contribution in [0.1, 0.15) is 16.7 Å². The van der Waals surface area contributed by atoms with Crippen molar-refractivity contribution in [1.82, 2.24) is 4.98 Å². The van der Waals surface area contributed by atoms with Crippen LogP contribution in [-0.4, -0.2) is 15.2 Å². The number of carbonyl (C=O) groups is 1. The van der Waals surface area contributed by atoms with E-state index in [9.17, 15) is 4.79 Å². The number of aryl methyl sites for hydroxylation is 1. The van der Waals surface area contributed by atoms with E-state index >= 15 is 0 Å². The number of anilines is 1. The number of aromatic nitrogens is 1. The predicted molar refractivity (Wildman–Crippen MR) is 95.8 cm³/mol. The molecule has 1 aromatic carbocycles. The molecule has 0 N–H and O–H groups in total. The Balaban J connectivity index is 1.99. The Morgan fingerprint density at radius 1 is 1.23 bits per heavy atom. The van der Waals surface area contributed by atoms with Crippen molar-refractivity contribution in [3.63, 3.8) is 0 Å². The zero-order chi connectivity index (χ0) is 15.7. The largest absolute Gasteiger partial charge is 0.270 e. The fraction of sp³-hybridized carbons (Fsp3) is 0.118. The van der Waals surface area contributed by atoms with Crippen LogP contribution >= 0.6 is 24.0 Å². The van der Waals surface area contributed by atoms with Gasteiger partial charge in [-0.25, -0.2) is 0 Å². The quantitative estimate of drug-likeness (QED) is 0.614. The highest BCUT2D eigenvalue weighted by atomic mass is 32.2. The van der Waals surface area contributed by atoms with Crippen molar-refractivity contribution < 1.29 is 4.79 Å². The first kappa shape index (κ1) is 14.9. The summed E-state index contributed by atoms with van der Waals surface area (Å²) in [5.74, 6) is -0.0763. The highest BCUT2D eigenvalue weighted by Crippen LogP contribution is 2.37. The number of benzene rings is 1. The molecule has 22 heavy (non-hydrogen) atoms. The van der Waals surface area contributed by atoms with Crippen LogP contribution in [0, 0.1) is 13.8 Å². The van der Waals surface area contributed by atoms with Crippen molar-refractivity contribution in [1.29, 1.82) is 0 Å². The summed E-state index contributed by atoms with van der Waals surface area (Å²) >= 11 is 6.73. The Labute approximate surface area is 139 Å². The number of hydrogen-bond donors (Lipinski definition) is 0. The minimum atomic E-state index is -0.0763. The van der Waals surface area contributed by atoms with Crippen molar-refractivity contribution in [3.05, 3.63) is 64.3 Å². The zero-order valence-corrected chi connectivity index (χ0v) is 13.9. The van der Waals surface area contributed by atoms with Gasteiger partial charge in [-0.15, -0.1) is 0 Å². The second-order valence-corrected chi connectivity index (χ2v) is 6.70. The number of carbonyl (C=O) groups excluding carboxylic acids is 1. The molecule has 0 spiro atoms. The summed E-state index contributed by atoms with van der Waals surface area (Å²) in [6, 6.07) is 9.66. The van der Waals surface area contributed by atoms with Crippen molar-refractivity contribution >= 4 is 46.0 Å². The Morgan fingerprint density at radius 2 is 2.05 bits per heavy atom. The molecule has 5 heteroatoms. The van der Waals surface area contributed by atoms with Crippen LogP contribution in [0.25, 0.3) is 6.08 Å². The first-order valence-corrected chi connectivity index (χ1v) is 8.04. The molecule has 3 rings (SSSR count). The molecule has 110 valence electrons. The Bertz CT molecular complexity index is 785. The molecule has 1 fully saturated rings. The fourth-order valence-electron chi connectivity index (χ4n) is 2.27. The van der Waals surface area contributed by atoms with Crippen molar-refractivity contribution in [3.8, 4) is 0 Å². The number of hydrogen-bond acceptors (Lipinski definition) is 4. The highest BCUT2D eigenvalue weighted by Gasteiger charge is 2.34. The maximum absolute atomic E-state index is 12.7. The van der Waals surface area contributed by atoms with Crippen LogP contribution in [0.2, 0.25) is 0 Å². The lowest BCUT2D eigenvalue weighted by molar-refractivity contribution is -0.113. The first-order valence-electron chi connectivity index (χ1n) is 6.82. The van der Waals surface area contributed by atoms with Gasteiger partial charge in [0, 0.05) is 12.4 Å². The second kappa shape index (κ2) is 6.02. The lowest BCUT2D eigenvalue weighted by Crippen LogP contribution is -2.28. The molecule has 1 aromatic heterocycles. The Morgan fingerprint density at radius 3 is 2.77 bits per heavy atom. The molecule has 0 saturated carbocycles. The van der Waals surface area contributed by atoms with Gasteiger partial charge >= 0.3 is 0 Å². The molecule has 2 aromatic rings. The lowest BCUT2D eigenvalue weighted by Gasteiger charge is -2.18. The van der Waals surface area contributed by atoms with Crippen LogP contribution in [-0.2, 0) is 4.79 Å². The molecule has 1 saturated heterocycles. The van der Waals surface area contributed by atoms with Crippen molar-refractivity contribution in [2.75, 3.05) is 4.90 Å². The van der Waals surface area contributed by atoms with Crippen LogP contribution in [0.3, 0.4) is 0 Å². The van der Waals surface area contributed by atoms with Gasteiger partial charge in [0.05, 0.1) is 10.6 Å². The molecular weight excluding hydrogens is 312 g/mol. The van der Waals surface area contributed by atoms with Crippen LogP contribution in [0.5, 0.6) is 0 Å². The molecule has 3 nitrogen and oxygen atoms in total. The molecule has 1 aliphatic rings. The normalized spacial score (nSPS) is 16.6. The van der Waals surface area contributed by atoms with Crippen LogP contribution in [0.15, 0.2) is 47.6 Å². The molecule has 1 amide bonds. The van der Waals surface area contributed by atoms with E-state index in [1.165, 1.54) is 11.8 Å². The zero-order valence-electron chi connectivity index (χ0n) is 12.2. The topological polar surface area (TPSA) is 33.2 Å². The van der Waals surface area contributed by atoms with Gasteiger partial charge in [-0.3, -0.25) is 14.7 Å². The molecule has 2 heterocycles. The van der Waals surface area contributed by atoms with E-state index in [-0.39, 0.29) is 5.91 Å². The minimum Gasteiger partial charge on any atom is -0.268 e. The summed E-state index contributed by atoms with van der Waals surface area (Å²) < 4.78 is 0.564. The average molecular weight is 326 g/mol. The van der Waals surface area contributed by atoms with Crippen LogP contribution < -0.4 is 4.90 Å². The number of rotatable bonds is 2. The van der Waals surface area contributed by atoms with E-state index in [4.69, 9.17) is 12.2 Å². The van der Waals surface area contributed by atoms with Crippen LogP contribution in [0.4, 0.5) is 5.69 Å². The summed E-state index contributed by atoms with van der Waals surface area (Å²) in [7, 11) is 0. The highest BCUT2D eigenvalue weighted by molar-refractivity contribution is 8.27. The summed E-state index contributed by atoms with van der Waals surface area (Å²) in [4.78, 5) is 19.0. The van der Waals surface area contributed by atoms with Gasteiger partial charge in [0.1, 0.15) is 0 Å². The van der Waals surface area contributed by atoms with Gasteiger partial charge in [0.25, 0.3) is 5.91 Å². The van der Waals surface area contributed by atoms with E-state index in [1.807, 2.05) is 50.3 Å². The predicted octanol–water partition coefficient (Wildman–Crippen LogP) is 4.10. The van der Waals surface area contributed by atoms with Crippen molar-refractivity contribution in [2.24, 2.45) is 0 Å². The van der Waals surface area contributed by atoms with Gasteiger partial charge in [0.2, 0.25) is 0 Å². The number of pyridine rings is 1. The van der Waals surface area contributed by atoms with E-state index in [2.05, 4.69) is 4.98 Å². The molecule has 0 atom stereocenters. The summed E-state index contributed by atoms with van der Waals surface area (Å²) in [6.07, 6.45) is 5.26. The minimum absolute atomic E-state index is 0.0763. The van der Waals surface area contributed by atoms with E-state index in [0.717, 1.165) is 22.4 Å². The summed E-state index contributed by atoms with van der Waals surface area (Å²) in [5.41, 5.74) is 3.96. The molecule has 0 aliphatic carbocycles. The molecular formula is C17H14N2OS2. The number of amides is 1.